The minimum Gasteiger partial charge on any atom is -0.478 e. The first-order chi connectivity index (χ1) is 9.47. The van der Waals surface area contributed by atoms with E-state index in [1.807, 2.05) is 18.7 Å². The molecule has 2 amide bonds. The number of amides is 2. The third kappa shape index (κ3) is 3.73. The van der Waals surface area contributed by atoms with Gasteiger partial charge in [-0.25, -0.2) is 9.59 Å². The Hall–Kier alpha value is -2.04. The molecule has 0 saturated heterocycles. The van der Waals surface area contributed by atoms with Gasteiger partial charge in [0.1, 0.15) is 0 Å². The lowest BCUT2D eigenvalue weighted by Crippen LogP contribution is -2.41. The van der Waals surface area contributed by atoms with E-state index >= 15 is 0 Å². The fourth-order valence-electron chi connectivity index (χ4n) is 2.00. The summed E-state index contributed by atoms with van der Waals surface area (Å²) in [5.41, 5.74) is 0.822. The molecule has 1 aliphatic rings. The Labute approximate surface area is 118 Å². The number of carboxylic acid groups (broad SMARTS) is 1. The molecule has 20 heavy (non-hydrogen) atoms. The van der Waals surface area contributed by atoms with Gasteiger partial charge in [-0.15, -0.1) is 0 Å². The van der Waals surface area contributed by atoms with Crippen LogP contribution in [0.4, 0.5) is 10.5 Å². The van der Waals surface area contributed by atoms with Crippen molar-refractivity contribution in [3.05, 3.63) is 29.8 Å². The van der Waals surface area contributed by atoms with E-state index in [0.717, 1.165) is 6.54 Å². The number of carboxylic acids is 1. The van der Waals surface area contributed by atoms with Gasteiger partial charge in [-0.3, -0.25) is 0 Å². The van der Waals surface area contributed by atoms with Crippen LogP contribution in [0.25, 0.3) is 0 Å². The topological polar surface area (TPSA) is 69.6 Å². The van der Waals surface area contributed by atoms with Crippen molar-refractivity contribution in [3.8, 4) is 0 Å². The SMILES string of the molecule is CC(C)N(CC1CC1)C(=O)Nc1ccc(C(=O)O)cc1. The van der Waals surface area contributed by atoms with Crippen LogP contribution in [-0.4, -0.2) is 34.6 Å². The van der Waals surface area contributed by atoms with Crippen molar-refractivity contribution in [2.45, 2.75) is 32.7 Å². The quantitative estimate of drug-likeness (QED) is 0.868. The maximum Gasteiger partial charge on any atom is 0.335 e. The van der Waals surface area contributed by atoms with Gasteiger partial charge in [-0.05, 0) is 56.9 Å². The van der Waals surface area contributed by atoms with E-state index in [1.165, 1.54) is 25.0 Å². The Morgan fingerprint density at radius 2 is 1.90 bits per heavy atom. The van der Waals surface area contributed by atoms with Gasteiger partial charge in [0.2, 0.25) is 0 Å². The minimum absolute atomic E-state index is 0.130. The van der Waals surface area contributed by atoms with Gasteiger partial charge in [-0.2, -0.15) is 0 Å². The van der Waals surface area contributed by atoms with Crippen LogP contribution in [0.15, 0.2) is 24.3 Å². The maximum absolute atomic E-state index is 12.2. The molecule has 5 nitrogen and oxygen atoms in total. The Balaban J connectivity index is 1.99. The van der Waals surface area contributed by atoms with Gasteiger partial charge in [-0.1, -0.05) is 0 Å². The summed E-state index contributed by atoms with van der Waals surface area (Å²) in [6.45, 7) is 4.78. The van der Waals surface area contributed by atoms with Crippen LogP contribution in [0.5, 0.6) is 0 Å². The summed E-state index contributed by atoms with van der Waals surface area (Å²) >= 11 is 0. The van der Waals surface area contributed by atoms with E-state index in [1.54, 1.807) is 12.1 Å². The molecule has 1 aliphatic carbocycles. The first-order valence-electron chi connectivity index (χ1n) is 6.88. The minimum atomic E-state index is -0.972. The van der Waals surface area contributed by atoms with Crippen molar-refractivity contribution in [1.82, 2.24) is 4.90 Å². The van der Waals surface area contributed by atoms with Crippen molar-refractivity contribution in [2.24, 2.45) is 5.92 Å². The summed E-state index contributed by atoms with van der Waals surface area (Å²) in [4.78, 5) is 24.8. The molecular formula is C15H20N2O3. The molecule has 0 aliphatic heterocycles. The molecule has 0 heterocycles. The number of urea groups is 1. The molecule has 1 aromatic carbocycles. The number of carbonyl (C=O) groups excluding carboxylic acids is 1. The third-order valence-electron chi connectivity index (χ3n) is 3.42. The second-order valence-electron chi connectivity index (χ2n) is 5.50. The second kappa shape index (κ2) is 5.94. The Kier molecular flexibility index (Phi) is 4.27. The number of nitrogens with one attached hydrogen (secondary N) is 1. The number of hydrogen-bond donors (Lipinski definition) is 2. The zero-order valence-corrected chi connectivity index (χ0v) is 11.8. The van der Waals surface area contributed by atoms with Crippen molar-refractivity contribution >= 4 is 17.7 Å². The second-order valence-corrected chi connectivity index (χ2v) is 5.50. The number of anilines is 1. The summed E-state index contributed by atoms with van der Waals surface area (Å²) in [6.07, 6.45) is 2.40. The summed E-state index contributed by atoms with van der Waals surface area (Å²) in [7, 11) is 0. The molecule has 2 N–H and O–H groups in total. The van der Waals surface area contributed by atoms with Crippen molar-refractivity contribution < 1.29 is 14.7 Å². The lowest BCUT2D eigenvalue weighted by molar-refractivity contribution is 0.0697. The molecule has 1 fully saturated rings. The predicted molar refractivity (Wildman–Crippen MR) is 77.0 cm³/mol. The number of rotatable bonds is 5. The van der Waals surface area contributed by atoms with Crippen LogP contribution in [0.1, 0.15) is 37.0 Å². The standard InChI is InChI=1S/C15H20N2O3/c1-10(2)17(9-11-3-4-11)15(20)16-13-7-5-12(6-8-13)14(18)19/h5-8,10-11H,3-4,9H2,1-2H3,(H,16,20)(H,18,19). The number of nitrogens with zero attached hydrogens (tertiary/aromatic N) is 1. The zero-order chi connectivity index (χ0) is 14.7. The highest BCUT2D eigenvalue weighted by atomic mass is 16.4. The highest BCUT2D eigenvalue weighted by Gasteiger charge is 2.28. The molecule has 1 saturated carbocycles. The zero-order valence-electron chi connectivity index (χ0n) is 11.8. The highest BCUT2D eigenvalue weighted by molar-refractivity contribution is 5.91. The molecule has 0 atom stereocenters. The first kappa shape index (κ1) is 14.4. The van der Waals surface area contributed by atoms with Gasteiger partial charge >= 0.3 is 12.0 Å². The first-order valence-corrected chi connectivity index (χ1v) is 6.88. The largest absolute Gasteiger partial charge is 0.478 e. The van der Waals surface area contributed by atoms with Crippen molar-refractivity contribution in [2.75, 3.05) is 11.9 Å². The van der Waals surface area contributed by atoms with E-state index in [-0.39, 0.29) is 17.6 Å². The predicted octanol–water partition coefficient (Wildman–Crippen LogP) is 3.04. The molecule has 1 aromatic rings. The molecule has 0 aromatic heterocycles. The summed E-state index contributed by atoms with van der Waals surface area (Å²) in [5, 5.41) is 11.6. The number of aromatic carboxylic acids is 1. The monoisotopic (exact) mass is 276 g/mol. The Morgan fingerprint density at radius 3 is 2.35 bits per heavy atom. The number of benzene rings is 1. The van der Waals surface area contributed by atoms with E-state index < -0.39 is 5.97 Å². The van der Waals surface area contributed by atoms with Crippen LogP contribution in [0.2, 0.25) is 0 Å². The van der Waals surface area contributed by atoms with Gasteiger partial charge in [0.15, 0.2) is 0 Å². The van der Waals surface area contributed by atoms with E-state index in [2.05, 4.69) is 5.32 Å². The fourth-order valence-corrected chi connectivity index (χ4v) is 2.00. The number of hydrogen-bond acceptors (Lipinski definition) is 2. The van der Waals surface area contributed by atoms with Gasteiger partial charge in [0.05, 0.1) is 5.56 Å². The molecule has 5 heteroatoms. The molecule has 0 spiro atoms. The van der Waals surface area contributed by atoms with Gasteiger partial charge in [0.25, 0.3) is 0 Å². The molecule has 2 rings (SSSR count). The molecule has 108 valence electrons. The maximum atomic E-state index is 12.2. The van der Waals surface area contributed by atoms with Crippen molar-refractivity contribution in [1.29, 1.82) is 0 Å². The molecule has 0 radical (unpaired) electrons. The van der Waals surface area contributed by atoms with Crippen LogP contribution in [-0.2, 0) is 0 Å². The lowest BCUT2D eigenvalue weighted by Gasteiger charge is -2.27. The van der Waals surface area contributed by atoms with Gasteiger partial charge < -0.3 is 15.3 Å². The summed E-state index contributed by atoms with van der Waals surface area (Å²) in [5.74, 6) is -0.335. The lowest BCUT2D eigenvalue weighted by atomic mass is 10.2. The Morgan fingerprint density at radius 1 is 1.30 bits per heavy atom. The van der Waals surface area contributed by atoms with Crippen LogP contribution in [0.3, 0.4) is 0 Å². The van der Waals surface area contributed by atoms with Crippen LogP contribution < -0.4 is 5.32 Å². The van der Waals surface area contributed by atoms with E-state index in [0.29, 0.717) is 11.6 Å². The van der Waals surface area contributed by atoms with E-state index in [4.69, 9.17) is 5.11 Å². The summed E-state index contributed by atoms with van der Waals surface area (Å²) < 4.78 is 0. The Bertz CT molecular complexity index is 492. The smallest absolute Gasteiger partial charge is 0.335 e. The molecular weight excluding hydrogens is 256 g/mol. The van der Waals surface area contributed by atoms with E-state index in [9.17, 15) is 9.59 Å². The normalized spacial score (nSPS) is 14.2. The van der Waals surface area contributed by atoms with Crippen LogP contribution in [0, 0.1) is 5.92 Å². The molecule has 0 bridgehead atoms. The van der Waals surface area contributed by atoms with Gasteiger partial charge in [0, 0.05) is 18.3 Å². The average Bonchev–Trinajstić information content (AvgIpc) is 3.20. The molecule has 0 unspecified atom stereocenters. The average molecular weight is 276 g/mol. The third-order valence-corrected chi connectivity index (χ3v) is 3.42. The summed E-state index contributed by atoms with van der Waals surface area (Å²) in [6, 6.07) is 6.20. The fraction of sp³-hybridized carbons (Fsp3) is 0.467. The highest BCUT2D eigenvalue weighted by Crippen LogP contribution is 2.30. The van der Waals surface area contributed by atoms with Crippen molar-refractivity contribution in [3.63, 3.8) is 0 Å². The number of carbonyl (C=O) groups is 2. The van der Waals surface area contributed by atoms with Crippen LogP contribution >= 0.6 is 0 Å².